The maximum atomic E-state index is 13.0. The molecule has 0 spiro atoms. The van der Waals surface area contributed by atoms with E-state index in [1.54, 1.807) is 17.0 Å². The van der Waals surface area contributed by atoms with Crippen molar-refractivity contribution in [2.75, 3.05) is 39.8 Å². The van der Waals surface area contributed by atoms with Gasteiger partial charge in [-0.25, -0.2) is 4.39 Å². The molecular weight excluding hydrogens is 411 g/mol. The minimum atomic E-state index is -0.284. The van der Waals surface area contributed by atoms with Crippen molar-refractivity contribution in [2.24, 2.45) is 11.1 Å². The molecule has 1 amide bonds. The van der Waals surface area contributed by atoms with Crippen molar-refractivity contribution in [1.29, 1.82) is 0 Å². The average Bonchev–Trinajstić information content (AvgIpc) is 3.17. The van der Waals surface area contributed by atoms with E-state index in [4.69, 9.17) is 4.74 Å². The summed E-state index contributed by atoms with van der Waals surface area (Å²) in [6, 6.07) is 5.95. The highest BCUT2D eigenvalue weighted by molar-refractivity contribution is 5.97. The number of rotatable bonds is 7. The Morgan fingerprint density at radius 1 is 1.12 bits per heavy atom. The molecule has 2 atom stereocenters. The second kappa shape index (κ2) is 10.3. The molecule has 3 aliphatic heterocycles. The molecule has 8 heteroatoms. The largest absolute Gasteiger partial charge is 0.490 e. The van der Waals surface area contributed by atoms with Gasteiger partial charge in [0.1, 0.15) is 23.7 Å². The van der Waals surface area contributed by atoms with E-state index in [0.717, 1.165) is 57.6 Å². The Balaban J connectivity index is 1.18. The van der Waals surface area contributed by atoms with Gasteiger partial charge in [0.05, 0.1) is 5.71 Å². The van der Waals surface area contributed by atoms with Crippen LogP contribution in [0.2, 0.25) is 0 Å². The van der Waals surface area contributed by atoms with Gasteiger partial charge in [0.15, 0.2) is 0 Å². The highest BCUT2D eigenvalue weighted by Crippen LogP contribution is 2.28. The van der Waals surface area contributed by atoms with E-state index in [9.17, 15) is 14.4 Å². The SMILES string of the molecule is CN1CC/C(=N/O)C2C=CN(CCCCN3CCC(Oc4ccc(F)cc4)CC3)C2C1=O. The number of halogens is 1. The van der Waals surface area contributed by atoms with Crippen molar-refractivity contribution >= 4 is 11.6 Å². The number of carbonyl (C=O) groups is 1. The molecule has 3 heterocycles. The van der Waals surface area contributed by atoms with Gasteiger partial charge in [-0.3, -0.25) is 4.79 Å². The van der Waals surface area contributed by atoms with E-state index in [0.29, 0.717) is 18.7 Å². The average molecular weight is 445 g/mol. The number of piperidine rings is 1. The minimum Gasteiger partial charge on any atom is -0.490 e. The Labute approximate surface area is 189 Å². The van der Waals surface area contributed by atoms with Crippen LogP contribution < -0.4 is 4.74 Å². The third kappa shape index (κ3) is 5.23. The molecule has 32 heavy (non-hydrogen) atoms. The lowest BCUT2D eigenvalue weighted by molar-refractivity contribution is -0.134. The van der Waals surface area contributed by atoms with E-state index in [-0.39, 0.29) is 29.8 Å². The van der Waals surface area contributed by atoms with Gasteiger partial charge >= 0.3 is 0 Å². The normalized spacial score (nSPS) is 25.9. The van der Waals surface area contributed by atoms with Crippen LogP contribution in [-0.2, 0) is 4.79 Å². The van der Waals surface area contributed by atoms with Gasteiger partial charge in [-0.05, 0) is 62.7 Å². The fourth-order valence-corrected chi connectivity index (χ4v) is 4.90. The molecule has 2 saturated heterocycles. The lowest BCUT2D eigenvalue weighted by Gasteiger charge is -2.32. The Morgan fingerprint density at radius 3 is 2.56 bits per heavy atom. The summed E-state index contributed by atoms with van der Waals surface area (Å²) in [5.41, 5.74) is 0.692. The van der Waals surface area contributed by atoms with Crippen molar-refractivity contribution < 1.29 is 19.1 Å². The van der Waals surface area contributed by atoms with E-state index >= 15 is 0 Å². The minimum absolute atomic E-state index is 0.0990. The maximum absolute atomic E-state index is 13.0. The number of hydrogen-bond acceptors (Lipinski definition) is 6. The predicted molar refractivity (Wildman–Crippen MR) is 120 cm³/mol. The Bertz CT molecular complexity index is 836. The first-order valence-electron chi connectivity index (χ1n) is 11.6. The number of carbonyl (C=O) groups excluding carboxylic acids is 1. The summed E-state index contributed by atoms with van der Waals surface area (Å²) in [4.78, 5) is 19.2. The van der Waals surface area contributed by atoms with Crippen LogP contribution in [0.15, 0.2) is 41.7 Å². The van der Waals surface area contributed by atoms with Gasteiger partial charge in [-0.15, -0.1) is 0 Å². The molecule has 1 aromatic carbocycles. The fourth-order valence-electron chi connectivity index (χ4n) is 4.90. The van der Waals surface area contributed by atoms with Crippen LogP contribution in [0.25, 0.3) is 0 Å². The van der Waals surface area contributed by atoms with Crippen molar-refractivity contribution in [1.82, 2.24) is 14.7 Å². The molecule has 1 aromatic rings. The zero-order valence-corrected chi connectivity index (χ0v) is 18.7. The van der Waals surface area contributed by atoms with Crippen LogP contribution in [0.4, 0.5) is 4.39 Å². The molecule has 7 nitrogen and oxygen atoms in total. The van der Waals surface area contributed by atoms with Gasteiger partial charge in [0, 0.05) is 45.6 Å². The number of nitrogens with zero attached hydrogens (tertiary/aromatic N) is 4. The van der Waals surface area contributed by atoms with Gasteiger partial charge in [-0.2, -0.15) is 0 Å². The highest BCUT2D eigenvalue weighted by Gasteiger charge is 2.41. The van der Waals surface area contributed by atoms with Gasteiger partial charge in [-0.1, -0.05) is 11.2 Å². The first-order chi connectivity index (χ1) is 15.5. The van der Waals surface area contributed by atoms with Crippen LogP contribution in [0.1, 0.15) is 32.1 Å². The van der Waals surface area contributed by atoms with E-state index in [1.807, 2.05) is 19.3 Å². The Hall–Kier alpha value is -2.61. The number of fused-ring (bicyclic) bond motifs is 1. The number of likely N-dealkylation sites (tertiary alicyclic amines) is 2. The second-order valence-corrected chi connectivity index (χ2v) is 8.97. The molecule has 0 bridgehead atoms. The molecule has 1 N–H and O–H groups in total. The standard InChI is InChI=1S/C24H33FN4O3/c1-27-14-11-22(26-31)21-10-17-29(23(21)24(27)30)13-3-2-12-28-15-8-20(9-16-28)32-19-6-4-18(25)5-7-19/h4-7,10,17,20-21,23,31H,2-3,8-9,11-16H2,1H3/b26-22-. The third-order valence-corrected chi connectivity index (χ3v) is 6.82. The summed E-state index contributed by atoms with van der Waals surface area (Å²) >= 11 is 0. The topological polar surface area (TPSA) is 68.6 Å². The third-order valence-electron chi connectivity index (χ3n) is 6.82. The first kappa shape index (κ1) is 22.6. The Morgan fingerprint density at radius 2 is 1.84 bits per heavy atom. The number of ether oxygens (including phenoxy) is 1. The van der Waals surface area contributed by atoms with Crippen LogP contribution in [-0.4, -0.2) is 83.4 Å². The highest BCUT2D eigenvalue weighted by atomic mass is 19.1. The van der Waals surface area contributed by atoms with E-state index in [1.165, 1.54) is 12.1 Å². The van der Waals surface area contributed by atoms with Crippen molar-refractivity contribution in [2.45, 2.75) is 44.2 Å². The van der Waals surface area contributed by atoms with Crippen LogP contribution in [0.5, 0.6) is 5.75 Å². The number of oxime groups is 1. The van der Waals surface area contributed by atoms with Crippen molar-refractivity contribution in [3.63, 3.8) is 0 Å². The quantitative estimate of drug-likeness (QED) is 0.398. The molecule has 0 radical (unpaired) electrons. The summed E-state index contributed by atoms with van der Waals surface area (Å²) in [5.74, 6) is 0.457. The van der Waals surface area contributed by atoms with Crippen molar-refractivity contribution in [3.05, 3.63) is 42.4 Å². The summed E-state index contributed by atoms with van der Waals surface area (Å²) in [6.45, 7) is 4.44. The molecule has 0 saturated carbocycles. The molecule has 2 unspecified atom stereocenters. The maximum Gasteiger partial charge on any atom is 0.246 e. The smallest absolute Gasteiger partial charge is 0.246 e. The predicted octanol–water partition coefficient (Wildman–Crippen LogP) is 2.96. The van der Waals surface area contributed by atoms with E-state index in [2.05, 4.69) is 15.0 Å². The number of unbranched alkanes of at least 4 members (excludes halogenated alkanes) is 1. The Kier molecular flexibility index (Phi) is 7.29. The first-order valence-corrected chi connectivity index (χ1v) is 11.6. The number of benzene rings is 1. The molecule has 0 aromatic heterocycles. The summed E-state index contributed by atoms with van der Waals surface area (Å²) in [7, 11) is 1.82. The van der Waals surface area contributed by atoms with E-state index < -0.39 is 0 Å². The fraction of sp³-hybridized carbons (Fsp3) is 0.583. The zero-order chi connectivity index (χ0) is 22.5. The second-order valence-electron chi connectivity index (χ2n) is 8.97. The molecule has 0 aliphatic carbocycles. The van der Waals surface area contributed by atoms with Crippen LogP contribution in [0.3, 0.4) is 0 Å². The van der Waals surface area contributed by atoms with Crippen LogP contribution in [0, 0.1) is 11.7 Å². The summed E-state index contributed by atoms with van der Waals surface area (Å²) in [5, 5.41) is 12.8. The molecular formula is C24H33FN4O3. The van der Waals surface area contributed by atoms with Crippen LogP contribution >= 0.6 is 0 Å². The van der Waals surface area contributed by atoms with Gasteiger partial charge < -0.3 is 24.6 Å². The van der Waals surface area contributed by atoms with Gasteiger partial charge in [0.25, 0.3) is 0 Å². The monoisotopic (exact) mass is 444 g/mol. The zero-order valence-electron chi connectivity index (χ0n) is 18.7. The summed E-state index contributed by atoms with van der Waals surface area (Å²) in [6.07, 6.45) is 8.81. The lowest BCUT2D eigenvalue weighted by atomic mass is 9.95. The number of amides is 1. The molecule has 174 valence electrons. The molecule has 3 aliphatic rings. The van der Waals surface area contributed by atoms with Gasteiger partial charge in [0.2, 0.25) is 5.91 Å². The number of likely N-dealkylation sites (N-methyl/N-ethyl adjacent to an activating group) is 1. The molecule has 2 fully saturated rings. The molecule has 4 rings (SSSR count). The lowest BCUT2D eigenvalue weighted by Crippen LogP contribution is -2.46. The number of hydrogen-bond donors (Lipinski definition) is 1. The summed E-state index contributed by atoms with van der Waals surface area (Å²) < 4.78 is 19.0. The van der Waals surface area contributed by atoms with Crippen molar-refractivity contribution in [3.8, 4) is 5.75 Å².